The molecule has 1 heterocycles. The van der Waals surface area contributed by atoms with E-state index < -0.39 is 0 Å². The molecule has 1 aliphatic heterocycles. The predicted molar refractivity (Wildman–Crippen MR) is 86.6 cm³/mol. The third-order valence-corrected chi connectivity index (χ3v) is 4.84. The van der Waals surface area contributed by atoms with Crippen LogP contribution in [-0.2, 0) is 9.59 Å². The van der Waals surface area contributed by atoms with Gasteiger partial charge in [0, 0.05) is 18.8 Å². The molecule has 2 unspecified atom stereocenters. The number of carbonyl (C=O) groups excluding carboxylic acids is 2. The molecule has 4 nitrogen and oxygen atoms in total. The summed E-state index contributed by atoms with van der Waals surface area (Å²) in [4.78, 5) is 26.7. The molecule has 3 rings (SSSR count). The SMILES string of the molecule is Cc1cccc(C)c1NC(=O)C1CC1C(=O)N1CCCCC1. The lowest BCUT2D eigenvalue weighted by molar-refractivity contribution is -0.134. The van der Waals surface area contributed by atoms with Crippen molar-refractivity contribution >= 4 is 17.5 Å². The molecule has 0 spiro atoms. The van der Waals surface area contributed by atoms with Gasteiger partial charge >= 0.3 is 0 Å². The standard InChI is InChI=1S/C18H24N2O2/c1-12-7-6-8-13(2)16(12)19-17(21)14-11-15(14)18(22)20-9-4-3-5-10-20/h6-8,14-15H,3-5,9-11H2,1-2H3,(H,19,21). The van der Waals surface area contributed by atoms with Crippen molar-refractivity contribution in [3.8, 4) is 0 Å². The van der Waals surface area contributed by atoms with E-state index in [-0.39, 0.29) is 23.7 Å². The first-order valence-electron chi connectivity index (χ1n) is 8.24. The van der Waals surface area contributed by atoms with Crippen LogP contribution in [0.25, 0.3) is 0 Å². The maximum Gasteiger partial charge on any atom is 0.228 e. The van der Waals surface area contributed by atoms with Crippen molar-refractivity contribution in [2.75, 3.05) is 18.4 Å². The second kappa shape index (κ2) is 6.11. The predicted octanol–water partition coefficient (Wildman–Crippen LogP) is 2.89. The van der Waals surface area contributed by atoms with Gasteiger partial charge in [-0.25, -0.2) is 0 Å². The highest BCUT2D eigenvalue weighted by Gasteiger charge is 2.49. The zero-order valence-electron chi connectivity index (χ0n) is 13.4. The Balaban J connectivity index is 1.60. The summed E-state index contributed by atoms with van der Waals surface area (Å²) in [5.74, 6) is -0.0648. The fourth-order valence-electron chi connectivity index (χ4n) is 3.33. The molecule has 1 N–H and O–H groups in total. The van der Waals surface area contributed by atoms with E-state index in [1.54, 1.807) is 0 Å². The van der Waals surface area contributed by atoms with Crippen LogP contribution in [0.2, 0.25) is 0 Å². The van der Waals surface area contributed by atoms with Crippen molar-refractivity contribution in [2.24, 2.45) is 11.8 Å². The number of aryl methyl sites for hydroxylation is 2. The van der Waals surface area contributed by atoms with E-state index in [1.165, 1.54) is 6.42 Å². The number of benzene rings is 1. The number of nitrogens with one attached hydrogen (secondary N) is 1. The number of para-hydroxylation sites is 1. The van der Waals surface area contributed by atoms with Gasteiger partial charge in [0.05, 0.1) is 11.8 Å². The van der Waals surface area contributed by atoms with Gasteiger partial charge in [-0.15, -0.1) is 0 Å². The molecule has 0 bridgehead atoms. The van der Waals surface area contributed by atoms with E-state index in [2.05, 4.69) is 5.32 Å². The van der Waals surface area contributed by atoms with Crippen LogP contribution in [-0.4, -0.2) is 29.8 Å². The van der Waals surface area contributed by atoms with Crippen molar-refractivity contribution in [3.05, 3.63) is 29.3 Å². The van der Waals surface area contributed by atoms with Crippen LogP contribution in [0.4, 0.5) is 5.69 Å². The third kappa shape index (κ3) is 3.01. The Morgan fingerprint density at radius 3 is 2.32 bits per heavy atom. The lowest BCUT2D eigenvalue weighted by Crippen LogP contribution is -2.37. The first kappa shape index (κ1) is 15.1. The van der Waals surface area contributed by atoms with Gasteiger partial charge in [0.1, 0.15) is 0 Å². The minimum absolute atomic E-state index is 0.00670. The Bertz CT molecular complexity index is 570. The van der Waals surface area contributed by atoms with Gasteiger partial charge in [0.25, 0.3) is 0 Å². The molecule has 1 aromatic rings. The molecule has 1 saturated carbocycles. The van der Waals surface area contributed by atoms with Gasteiger partial charge in [-0.2, -0.15) is 0 Å². The van der Waals surface area contributed by atoms with Gasteiger partial charge in [0.2, 0.25) is 11.8 Å². The molecule has 22 heavy (non-hydrogen) atoms. The van der Waals surface area contributed by atoms with Crippen LogP contribution in [0.5, 0.6) is 0 Å². The van der Waals surface area contributed by atoms with Crippen LogP contribution in [0.15, 0.2) is 18.2 Å². The number of rotatable bonds is 3. The van der Waals surface area contributed by atoms with E-state index in [0.717, 1.165) is 42.7 Å². The Morgan fingerprint density at radius 2 is 1.68 bits per heavy atom. The normalized spacial score (nSPS) is 24.0. The number of hydrogen-bond donors (Lipinski definition) is 1. The molecular formula is C18H24N2O2. The monoisotopic (exact) mass is 300 g/mol. The molecule has 1 aliphatic carbocycles. The zero-order valence-corrected chi connectivity index (χ0v) is 13.4. The van der Waals surface area contributed by atoms with Gasteiger partial charge < -0.3 is 10.2 Å². The first-order valence-corrected chi connectivity index (χ1v) is 8.24. The maximum atomic E-state index is 12.4. The summed E-state index contributed by atoms with van der Waals surface area (Å²) < 4.78 is 0. The van der Waals surface area contributed by atoms with Crippen LogP contribution < -0.4 is 5.32 Å². The lowest BCUT2D eigenvalue weighted by Gasteiger charge is -2.26. The average Bonchev–Trinajstić information content (AvgIpc) is 3.32. The van der Waals surface area contributed by atoms with Crippen LogP contribution in [0, 0.1) is 25.7 Å². The molecule has 2 amide bonds. The fourth-order valence-corrected chi connectivity index (χ4v) is 3.33. The molecule has 2 atom stereocenters. The largest absolute Gasteiger partial charge is 0.342 e. The van der Waals surface area contributed by atoms with E-state index in [9.17, 15) is 9.59 Å². The molecule has 0 aromatic heterocycles. The minimum Gasteiger partial charge on any atom is -0.342 e. The van der Waals surface area contributed by atoms with Gasteiger partial charge in [0.15, 0.2) is 0 Å². The van der Waals surface area contributed by atoms with Crippen molar-refractivity contribution in [1.29, 1.82) is 0 Å². The highest BCUT2D eigenvalue weighted by Crippen LogP contribution is 2.41. The summed E-state index contributed by atoms with van der Waals surface area (Å²) >= 11 is 0. The second-order valence-corrected chi connectivity index (χ2v) is 6.59. The van der Waals surface area contributed by atoms with Crippen molar-refractivity contribution < 1.29 is 9.59 Å². The Hall–Kier alpha value is -1.84. The zero-order chi connectivity index (χ0) is 15.7. The number of likely N-dealkylation sites (tertiary alicyclic amines) is 1. The van der Waals surface area contributed by atoms with Crippen molar-refractivity contribution in [2.45, 2.75) is 39.5 Å². The second-order valence-electron chi connectivity index (χ2n) is 6.59. The summed E-state index contributed by atoms with van der Waals surface area (Å²) in [7, 11) is 0. The summed E-state index contributed by atoms with van der Waals surface area (Å²) in [5.41, 5.74) is 3.02. The van der Waals surface area contributed by atoms with E-state index in [4.69, 9.17) is 0 Å². The quantitative estimate of drug-likeness (QED) is 0.933. The molecule has 2 aliphatic rings. The van der Waals surface area contributed by atoms with E-state index in [1.807, 2.05) is 36.9 Å². The van der Waals surface area contributed by atoms with Crippen LogP contribution >= 0.6 is 0 Å². The minimum atomic E-state index is -0.145. The summed E-state index contributed by atoms with van der Waals surface area (Å²) in [6, 6.07) is 5.97. The average molecular weight is 300 g/mol. The smallest absolute Gasteiger partial charge is 0.228 e. The first-order chi connectivity index (χ1) is 10.6. The number of hydrogen-bond acceptors (Lipinski definition) is 2. The van der Waals surface area contributed by atoms with Crippen molar-refractivity contribution in [1.82, 2.24) is 4.90 Å². The molecule has 118 valence electrons. The van der Waals surface area contributed by atoms with E-state index >= 15 is 0 Å². The van der Waals surface area contributed by atoms with Gasteiger partial charge in [-0.1, -0.05) is 18.2 Å². The highest BCUT2D eigenvalue weighted by molar-refractivity contribution is 6.00. The summed E-state index contributed by atoms with van der Waals surface area (Å²) in [5, 5.41) is 3.02. The number of piperidine rings is 1. The Labute approximate surface area is 131 Å². The van der Waals surface area contributed by atoms with Crippen LogP contribution in [0.1, 0.15) is 36.8 Å². The van der Waals surface area contributed by atoms with Gasteiger partial charge in [-0.3, -0.25) is 9.59 Å². The lowest BCUT2D eigenvalue weighted by atomic mass is 10.1. The maximum absolute atomic E-state index is 12.4. The van der Waals surface area contributed by atoms with Gasteiger partial charge in [-0.05, 0) is 50.7 Å². The summed E-state index contributed by atoms with van der Waals surface area (Å²) in [6.07, 6.45) is 4.10. The molecule has 4 heteroatoms. The molecule has 1 aromatic carbocycles. The fraction of sp³-hybridized carbons (Fsp3) is 0.556. The number of nitrogens with zero attached hydrogens (tertiary/aromatic N) is 1. The topological polar surface area (TPSA) is 49.4 Å². The Kier molecular flexibility index (Phi) is 4.19. The summed E-state index contributed by atoms with van der Waals surface area (Å²) in [6.45, 7) is 5.71. The number of amides is 2. The number of anilines is 1. The van der Waals surface area contributed by atoms with E-state index in [0.29, 0.717) is 6.42 Å². The molecule has 0 radical (unpaired) electrons. The Morgan fingerprint density at radius 1 is 1.05 bits per heavy atom. The third-order valence-electron chi connectivity index (χ3n) is 4.84. The number of carbonyl (C=O) groups is 2. The molecule has 1 saturated heterocycles. The molecule has 2 fully saturated rings. The highest BCUT2D eigenvalue weighted by atomic mass is 16.2. The molecular weight excluding hydrogens is 276 g/mol. The van der Waals surface area contributed by atoms with Crippen molar-refractivity contribution in [3.63, 3.8) is 0 Å². The van der Waals surface area contributed by atoms with Crippen LogP contribution in [0.3, 0.4) is 0 Å².